The van der Waals surface area contributed by atoms with Gasteiger partial charge in [0.2, 0.25) is 0 Å². The molecule has 1 atom stereocenters. The molecule has 2 amide bonds. The molecule has 22 heavy (non-hydrogen) atoms. The van der Waals surface area contributed by atoms with Crippen LogP contribution in [-0.4, -0.2) is 62.7 Å². The summed E-state index contributed by atoms with van der Waals surface area (Å²) < 4.78 is 15.7. The minimum atomic E-state index is -0.292. The van der Waals surface area contributed by atoms with Crippen molar-refractivity contribution in [1.82, 2.24) is 10.2 Å². The molecule has 0 bridgehead atoms. The van der Waals surface area contributed by atoms with Crippen LogP contribution in [0, 0.1) is 0 Å². The number of methoxy groups -OCH3 is 2. The van der Waals surface area contributed by atoms with Crippen molar-refractivity contribution in [2.45, 2.75) is 12.6 Å². The fourth-order valence-electron chi connectivity index (χ4n) is 2.34. The highest BCUT2D eigenvalue weighted by atomic mass is 16.5. The van der Waals surface area contributed by atoms with Crippen molar-refractivity contribution in [3.63, 3.8) is 0 Å². The summed E-state index contributed by atoms with van der Waals surface area (Å²) in [6, 6.07) is 4.98. The van der Waals surface area contributed by atoms with Gasteiger partial charge in [0, 0.05) is 13.1 Å². The van der Waals surface area contributed by atoms with Crippen molar-refractivity contribution in [3.8, 4) is 11.5 Å². The van der Waals surface area contributed by atoms with Crippen LogP contribution in [0.1, 0.15) is 5.56 Å². The first-order valence-electron chi connectivity index (χ1n) is 7.13. The summed E-state index contributed by atoms with van der Waals surface area (Å²) in [5, 5.41) is 12.1. The van der Waals surface area contributed by atoms with E-state index in [9.17, 15) is 9.90 Å². The third-order valence-electron chi connectivity index (χ3n) is 3.59. The standard InChI is InChI=1S/C15H22N2O5/c1-20-13-4-3-11(7-14(13)21-2)8-16-15(19)17-5-6-22-10-12(17)9-18/h3-4,7,12,18H,5-6,8-10H2,1-2H3,(H,16,19). The zero-order valence-corrected chi connectivity index (χ0v) is 12.9. The summed E-state index contributed by atoms with van der Waals surface area (Å²) in [7, 11) is 3.15. The third kappa shape index (κ3) is 3.80. The van der Waals surface area contributed by atoms with Crippen LogP contribution in [0.4, 0.5) is 4.79 Å². The molecular formula is C15H22N2O5. The van der Waals surface area contributed by atoms with E-state index in [-0.39, 0.29) is 18.7 Å². The summed E-state index contributed by atoms with van der Waals surface area (Å²) >= 11 is 0. The number of aliphatic hydroxyl groups excluding tert-OH is 1. The zero-order chi connectivity index (χ0) is 15.9. The van der Waals surface area contributed by atoms with Gasteiger partial charge in [-0.2, -0.15) is 0 Å². The molecule has 1 aromatic carbocycles. The minimum Gasteiger partial charge on any atom is -0.493 e. The molecule has 0 saturated carbocycles. The maximum Gasteiger partial charge on any atom is 0.318 e. The number of benzene rings is 1. The molecule has 2 rings (SSSR count). The fourth-order valence-corrected chi connectivity index (χ4v) is 2.34. The molecule has 0 spiro atoms. The quantitative estimate of drug-likeness (QED) is 0.833. The first kappa shape index (κ1) is 16.4. The molecular weight excluding hydrogens is 288 g/mol. The topological polar surface area (TPSA) is 80.3 Å². The van der Waals surface area contributed by atoms with Crippen molar-refractivity contribution in [2.24, 2.45) is 0 Å². The van der Waals surface area contributed by atoms with Gasteiger partial charge in [0.15, 0.2) is 11.5 Å². The Bertz CT molecular complexity index is 509. The second-order valence-electron chi connectivity index (χ2n) is 4.95. The second-order valence-corrected chi connectivity index (χ2v) is 4.95. The number of carbonyl (C=O) groups is 1. The predicted octanol–water partition coefficient (Wildman–Crippen LogP) is 0.606. The lowest BCUT2D eigenvalue weighted by atomic mass is 10.2. The van der Waals surface area contributed by atoms with Crippen LogP contribution in [0.3, 0.4) is 0 Å². The van der Waals surface area contributed by atoms with Gasteiger partial charge in [0.05, 0.1) is 40.1 Å². The number of urea groups is 1. The summed E-state index contributed by atoms with van der Waals surface area (Å²) in [5.74, 6) is 1.26. The lowest BCUT2D eigenvalue weighted by Gasteiger charge is -2.34. The monoisotopic (exact) mass is 310 g/mol. The normalized spacial score (nSPS) is 18.0. The number of amides is 2. The molecule has 1 heterocycles. The second kappa shape index (κ2) is 7.86. The maximum absolute atomic E-state index is 12.2. The first-order valence-corrected chi connectivity index (χ1v) is 7.13. The van der Waals surface area contributed by atoms with E-state index in [1.54, 1.807) is 25.2 Å². The molecule has 1 unspecified atom stereocenters. The Hall–Kier alpha value is -1.99. The Morgan fingerprint density at radius 2 is 2.18 bits per heavy atom. The van der Waals surface area contributed by atoms with Crippen molar-refractivity contribution in [2.75, 3.05) is 40.6 Å². The van der Waals surface area contributed by atoms with E-state index >= 15 is 0 Å². The van der Waals surface area contributed by atoms with Crippen LogP contribution < -0.4 is 14.8 Å². The average Bonchev–Trinajstić information content (AvgIpc) is 2.59. The highest BCUT2D eigenvalue weighted by Gasteiger charge is 2.26. The number of nitrogens with zero attached hydrogens (tertiary/aromatic N) is 1. The van der Waals surface area contributed by atoms with Crippen LogP contribution in [0.2, 0.25) is 0 Å². The SMILES string of the molecule is COc1ccc(CNC(=O)N2CCOCC2CO)cc1OC. The smallest absolute Gasteiger partial charge is 0.318 e. The number of ether oxygens (including phenoxy) is 3. The molecule has 1 saturated heterocycles. The van der Waals surface area contributed by atoms with E-state index < -0.39 is 0 Å². The van der Waals surface area contributed by atoms with Gasteiger partial charge in [-0.1, -0.05) is 6.07 Å². The molecule has 7 heteroatoms. The van der Waals surface area contributed by atoms with Crippen molar-refractivity contribution >= 4 is 6.03 Å². The minimum absolute atomic E-state index is 0.107. The van der Waals surface area contributed by atoms with Crippen LogP contribution in [0.25, 0.3) is 0 Å². The molecule has 7 nitrogen and oxygen atoms in total. The Labute approximate surface area is 129 Å². The molecule has 0 radical (unpaired) electrons. The summed E-state index contributed by atoms with van der Waals surface area (Å²) in [6.07, 6.45) is 0. The van der Waals surface area contributed by atoms with Crippen LogP contribution in [0.5, 0.6) is 11.5 Å². The van der Waals surface area contributed by atoms with Gasteiger partial charge in [0.1, 0.15) is 0 Å². The highest BCUT2D eigenvalue weighted by molar-refractivity contribution is 5.74. The van der Waals surface area contributed by atoms with E-state index in [1.807, 2.05) is 12.1 Å². The van der Waals surface area contributed by atoms with E-state index in [4.69, 9.17) is 14.2 Å². The molecule has 1 aliphatic heterocycles. The number of rotatable bonds is 5. The van der Waals surface area contributed by atoms with E-state index in [1.165, 1.54) is 0 Å². The van der Waals surface area contributed by atoms with E-state index in [0.717, 1.165) is 5.56 Å². The van der Waals surface area contributed by atoms with Gasteiger partial charge < -0.3 is 29.5 Å². The Morgan fingerprint density at radius 1 is 1.41 bits per heavy atom. The number of hydrogen-bond donors (Lipinski definition) is 2. The van der Waals surface area contributed by atoms with Crippen molar-refractivity contribution in [1.29, 1.82) is 0 Å². The number of hydrogen-bond acceptors (Lipinski definition) is 5. The number of aliphatic hydroxyl groups is 1. The summed E-state index contributed by atoms with van der Waals surface area (Å²) in [5.41, 5.74) is 0.903. The van der Waals surface area contributed by atoms with Crippen molar-refractivity contribution < 1.29 is 24.1 Å². The van der Waals surface area contributed by atoms with Gasteiger partial charge >= 0.3 is 6.03 Å². The average molecular weight is 310 g/mol. The van der Waals surface area contributed by atoms with Crippen LogP contribution in [0.15, 0.2) is 18.2 Å². The number of nitrogens with one attached hydrogen (secondary N) is 1. The molecule has 0 aromatic heterocycles. The highest BCUT2D eigenvalue weighted by Crippen LogP contribution is 2.27. The number of morpholine rings is 1. The molecule has 0 aliphatic carbocycles. The Morgan fingerprint density at radius 3 is 2.86 bits per heavy atom. The van der Waals surface area contributed by atoms with E-state index in [0.29, 0.717) is 37.8 Å². The van der Waals surface area contributed by atoms with Crippen LogP contribution >= 0.6 is 0 Å². The molecule has 1 aromatic rings. The molecule has 1 aliphatic rings. The summed E-state index contributed by atoms with van der Waals surface area (Å²) in [6.45, 7) is 1.59. The fraction of sp³-hybridized carbons (Fsp3) is 0.533. The molecule has 1 fully saturated rings. The van der Waals surface area contributed by atoms with Gasteiger partial charge in [-0.25, -0.2) is 4.79 Å². The lowest BCUT2D eigenvalue weighted by molar-refractivity contribution is -0.00766. The van der Waals surface area contributed by atoms with Gasteiger partial charge in [-0.3, -0.25) is 0 Å². The lowest BCUT2D eigenvalue weighted by Crippen LogP contribution is -2.53. The summed E-state index contributed by atoms with van der Waals surface area (Å²) in [4.78, 5) is 13.8. The zero-order valence-electron chi connectivity index (χ0n) is 12.9. The first-order chi connectivity index (χ1) is 10.7. The number of carbonyl (C=O) groups excluding carboxylic acids is 1. The molecule has 2 N–H and O–H groups in total. The van der Waals surface area contributed by atoms with Crippen LogP contribution in [-0.2, 0) is 11.3 Å². The molecule has 122 valence electrons. The van der Waals surface area contributed by atoms with E-state index in [2.05, 4.69) is 5.32 Å². The maximum atomic E-state index is 12.2. The van der Waals surface area contributed by atoms with Gasteiger partial charge in [0.25, 0.3) is 0 Å². The van der Waals surface area contributed by atoms with Crippen molar-refractivity contribution in [3.05, 3.63) is 23.8 Å². The Balaban J connectivity index is 1.95. The van der Waals surface area contributed by atoms with Gasteiger partial charge in [-0.15, -0.1) is 0 Å². The Kier molecular flexibility index (Phi) is 5.85. The third-order valence-corrected chi connectivity index (χ3v) is 3.59. The predicted molar refractivity (Wildman–Crippen MR) is 80.2 cm³/mol. The largest absolute Gasteiger partial charge is 0.493 e. The van der Waals surface area contributed by atoms with Gasteiger partial charge in [-0.05, 0) is 17.7 Å².